The second kappa shape index (κ2) is 6.04. The largest absolute Gasteiger partial charge is 0.309 e. The summed E-state index contributed by atoms with van der Waals surface area (Å²) in [6, 6.07) is 10.4. The quantitative estimate of drug-likeness (QED) is 0.812. The van der Waals surface area contributed by atoms with Crippen LogP contribution in [0.4, 0.5) is 0 Å². The molecule has 0 aliphatic carbocycles. The van der Waals surface area contributed by atoms with Gasteiger partial charge in [-0.3, -0.25) is 0 Å². The highest BCUT2D eigenvalue weighted by Crippen LogP contribution is 2.07. The number of hydrogen-bond donors (Lipinski definition) is 1. The molecular weight excluding hydrogens is 222 g/mol. The molecule has 3 nitrogen and oxygen atoms in total. The molecule has 0 aliphatic rings. The van der Waals surface area contributed by atoms with Gasteiger partial charge in [-0.1, -0.05) is 18.2 Å². The van der Waals surface area contributed by atoms with Gasteiger partial charge in [-0.25, -0.2) is 4.68 Å². The maximum absolute atomic E-state index is 5.27. The smallest absolute Gasteiger partial charge is 0.0645 e. The first-order valence-corrected chi connectivity index (χ1v) is 6.05. The normalized spacial score (nSPS) is 12.0. The third-order valence-corrected chi connectivity index (χ3v) is 2.74. The maximum Gasteiger partial charge on any atom is 0.0645 e. The molecule has 0 radical (unpaired) electrons. The van der Waals surface area contributed by atoms with Crippen LogP contribution in [0.15, 0.2) is 42.7 Å². The molecule has 1 aromatic carbocycles. The van der Waals surface area contributed by atoms with Gasteiger partial charge in [0.1, 0.15) is 0 Å². The summed E-state index contributed by atoms with van der Waals surface area (Å²) >= 11 is 0. The minimum atomic E-state index is 0.329. The molecule has 0 spiro atoms. The van der Waals surface area contributed by atoms with Crippen molar-refractivity contribution < 1.29 is 0 Å². The lowest BCUT2D eigenvalue weighted by Gasteiger charge is -2.08. The molecule has 1 N–H and O–H groups in total. The summed E-state index contributed by atoms with van der Waals surface area (Å²) in [4.78, 5) is 0. The molecule has 18 heavy (non-hydrogen) atoms. The molecule has 92 valence electrons. The molecule has 0 unspecified atom stereocenters. The van der Waals surface area contributed by atoms with Crippen LogP contribution in [0.1, 0.15) is 18.9 Å². The topological polar surface area (TPSA) is 29.9 Å². The number of benzene rings is 1. The Labute approximate surface area is 108 Å². The highest BCUT2D eigenvalue weighted by atomic mass is 15.3. The highest BCUT2D eigenvalue weighted by molar-refractivity contribution is 5.30. The van der Waals surface area contributed by atoms with E-state index in [1.807, 2.05) is 47.4 Å². The number of terminal acetylenes is 1. The lowest BCUT2D eigenvalue weighted by molar-refractivity contribution is 0.559. The number of hydrogen-bond acceptors (Lipinski definition) is 2. The first-order chi connectivity index (χ1) is 8.79. The van der Waals surface area contributed by atoms with E-state index in [1.165, 1.54) is 0 Å². The highest BCUT2D eigenvalue weighted by Gasteiger charge is 2.02. The Morgan fingerprint density at radius 2 is 2.17 bits per heavy atom. The van der Waals surface area contributed by atoms with Gasteiger partial charge in [0.25, 0.3) is 0 Å². The van der Waals surface area contributed by atoms with Crippen LogP contribution in [-0.4, -0.2) is 15.8 Å². The molecule has 2 aromatic rings. The third kappa shape index (κ3) is 3.22. The summed E-state index contributed by atoms with van der Waals surface area (Å²) < 4.78 is 1.88. The molecule has 3 heteroatoms. The SMILES string of the molecule is C#CC[C@@H](C)NCc1cnn(-c2ccccc2)c1. The van der Waals surface area contributed by atoms with Gasteiger partial charge in [-0.05, 0) is 19.1 Å². The van der Waals surface area contributed by atoms with Gasteiger partial charge in [0.15, 0.2) is 0 Å². The second-order valence-corrected chi connectivity index (χ2v) is 4.32. The van der Waals surface area contributed by atoms with Crippen molar-refractivity contribution >= 4 is 0 Å². The average Bonchev–Trinajstić information content (AvgIpc) is 2.87. The maximum atomic E-state index is 5.27. The van der Waals surface area contributed by atoms with Crippen molar-refractivity contribution in [3.8, 4) is 18.0 Å². The summed E-state index contributed by atoms with van der Waals surface area (Å²) in [6.07, 6.45) is 9.93. The minimum absolute atomic E-state index is 0.329. The second-order valence-electron chi connectivity index (χ2n) is 4.32. The van der Waals surface area contributed by atoms with Crippen LogP contribution in [0.3, 0.4) is 0 Å². The van der Waals surface area contributed by atoms with E-state index in [0.717, 1.165) is 24.2 Å². The third-order valence-electron chi connectivity index (χ3n) is 2.74. The first kappa shape index (κ1) is 12.4. The van der Waals surface area contributed by atoms with Gasteiger partial charge >= 0.3 is 0 Å². The van der Waals surface area contributed by atoms with Crippen LogP contribution < -0.4 is 5.32 Å². The van der Waals surface area contributed by atoms with Crippen molar-refractivity contribution in [2.24, 2.45) is 0 Å². The molecule has 0 saturated heterocycles. The van der Waals surface area contributed by atoms with Crippen molar-refractivity contribution in [2.75, 3.05) is 0 Å². The van der Waals surface area contributed by atoms with E-state index in [2.05, 4.69) is 23.3 Å². The summed E-state index contributed by atoms with van der Waals surface area (Å²) in [6.45, 7) is 2.87. The predicted octanol–water partition coefficient (Wildman–Crippen LogP) is 2.37. The van der Waals surface area contributed by atoms with E-state index in [0.29, 0.717) is 6.04 Å². The molecular formula is C15H17N3. The fraction of sp³-hybridized carbons (Fsp3) is 0.267. The Morgan fingerprint density at radius 3 is 2.89 bits per heavy atom. The van der Waals surface area contributed by atoms with Crippen LogP contribution in [0, 0.1) is 12.3 Å². The van der Waals surface area contributed by atoms with E-state index in [4.69, 9.17) is 6.42 Å². The summed E-state index contributed by atoms with van der Waals surface area (Å²) in [5.74, 6) is 2.65. The number of para-hydroxylation sites is 1. The monoisotopic (exact) mass is 239 g/mol. The lowest BCUT2D eigenvalue weighted by atomic mass is 10.2. The zero-order valence-corrected chi connectivity index (χ0v) is 10.5. The van der Waals surface area contributed by atoms with Crippen LogP contribution >= 0.6 is 0 Å². The van der Waals surface area contributed by atoms with Gasteiger partial charge in [0, 0.05) is 30.8 Å². The van der Waals surface area contributed by atoms with Crippen molar-refractivity contribution in [1.82, 2.24) is 15.1 Å². The Balaban J connectivity index is 1.97. The fourth-order valence-corrected chi connectivity index (χ4v) is 1.71. The van der Waals surface area contributed by atoms with Crippen LogP contribution in [-0.2, 0) is 6.54 Å². The van der Waals surface area contributed by atoms with E-state index in [1.54, 1.807) is 0 Å². The zero-order valence-electron chi connectivity index (χ0n) is 10.5. The van der Waals surface area contributed by atoms with Gasteiger partial charge in [0.05, 0.1) is 11.9 Å². The molecule has 0 amide bonds. The summed E-state index contributed by atoms with van der Waals surface area (Å²) in [5, 5.41) is 7.72. The predicted molar refractivity (Wildman–Crippen MR) is 73.3 cm³/mol. The zero-order chi connectivity index (χ0) is 12.8. The standard InChI is InChI=1S/C15H17N3/c1-3-7-13(2)16-10-14-11-17-18(12-14)15-8-5-4-6-9-15/h1,4-6,8-9,11-13,16H,7,10H2,2H3/t13-/m1/s1. The molecule has 1 heterocycles. The van der Waals surface area contributed by atoms with Crippen molar-refractivity contribution in [3.05, 3.63) is 48.3 Å². The van der Waals surface area contributed by atoms with E-state index in [-0.39, 0.29) is 0 Å². The molecule has 1 aromatic heterocycles. The molecule has 0 bridgehead atoms. The van der Waals surface area contributed by atoms with Crippen molar-refractivity contribution in [3.63, 3.8) is 0 Å². The van der Waals surface area contributed by atoms with Crippen molar-refractivity contribution in [2.45, 2.75) is 25.9 Å². The molecule has 0 saturated carbocycles. The molecule has 0 fully saturated rings. The number of aromatic nitrogens is 2. The lowest BCUT2D eigenvalue weighted by Crippen LogP contribution is -2.24. The molecule has 2 rings (SSSR count). The number of nitrogens with zero attached hydrogens (tertiary/aromatic N) is 2. The van der Waals surface area contributed by atoms with Gasteiger partial charge in [-0.15, -0.1) is 12.3 Å². The van der Waals surface area contributed by atoms with E-state index < -0.39 is 0 Å². The van der Waals surface area contributed by atoms with Gasteiger partial charge in [0.2, 0.25) is 0 Å². The first-order valence-electron chi connectivity index (χ1n) is 6.05. The van der Waals surface area contributed by atoms with E-state index in [9.17, 15) is 0 Å². The molecule has 0 aliphatic heterocycles. The Hall–Kier alpha value is -2.05. The van der Waals surface area contributed by atoms with Crippen molar-refractivity contribution in [1.29, 1.82) is 0 Å². The average molecular weight is 239 g/mol. The number of rotatable bonds is 5. The van der Waals surface area contributed by atoms with Crippen LogP contribution in [0.5, 0.6) is 0 Å². The summed E-state index contributed by atoms with van der Waals surface area (Å²) in [7, 11) is 0. The van der Waals surface area contributed by atoms with Gasteiger partial charge < -0.3 is 5.32 Å². The van der Waals surface area contributed by atoms with Crippen LogP contribution in [0.2, 0.25) is 0 Å². The Morgan fingerprint density at radius 1 is 1.39 bits per heavy atom. The van der Waals surface area contributed by atoms with Crippen LogP contribution in [0.25, 0.3) is 5.69 Å². The Kier molecular flexibility index (Phi) is 4.16. The number of nitrogens with one attached hydrogen (secondary N) is 1. The Bertz CT molecular complexity index is 522. The minimum Gasteiger partial charge on any atom is -0.309 e. The fourth-order valence-electron chi connectivity index (χ4n) is 1.71. The molecule has 1 atom stereocenters. The van der Waals surface area contributed by atoms with E-state index >= 15 is 0 Å². The van der Waals surface area contributed by atoms with Gasteiger partial charge in [-0.2, -0.15) is 5.10 Å². The summed E-state index contributed by atoms with van der Waals surface area (Å²) in [5.41, 5.74) is 2.23.